The Hall–Kier alpha value is -2.76. The number of rotatable bonds is 5. The third kappa shape index (κ3) is 4.53. The van der Waals surface area contributed by atoms with Crippen LogP contribution in [0.5, 0.6) is 0 Å². The molecule has 30 heavy (non-hydrogen) atoms. The van der Waals surface area contributed by atoms with E-state index < -0.39 is 0 Å². The lowest BCUT2D eigenvalue weighted by atomic mass is 9.98. The van der Waals surface area contributed by atoms with Crippen LogP contribution in [0.15, 0.2) is 54.6 Å². The van der Waals surface area contributed by atoms with Gasteiger partial charge in [-0.25, -0.2) is 9.97 Å². The quantitative estimate of drug-likeness (QED) is 0.634. The standard InChI is InChI=1S/C24H25ClN4O/c1-16(2)23(30)28-24-26-21-12-13-29(14-17-8-4-3-5-9-17)15-19(21)22(27-24)18-10-6-7-11-20(18)25/h3-11,16H,12-15H2,1-2H3,(H,26,27,28,30). The molecule has 1 aromatic heterocycles. The van der Waals surface area contributed by atoms with Crippen LogP contribution in [0, 0.1) is 5.92 Å². The number of carbonyl (C=O) groups is 1. The molecule has 0 spiro atoms. The van der Waals surface area contributed by atoms with E-state index in [0.29, 0.717) is 11.0 Å². The lowest BCUT2D eigenvalue weighted by molar-refractivity contribution is -0.118. The molecule has 1 aliphatic rings. The van der Waals surface area contributed by atoms with Crippen LogP contribution in [0.25, 0.3) is 11.3 Å². The van der Waals surface area contributed by atoms with Gasteiger partial charge < -0.3 is 0 Å². The predicted molar refractivity (Wildman–Crippen MR) is 120 cm³/mol. The molecular weight excluding hydrogens is 396 g/mol. The fourth-order valence-electron chi connectivity index (χ4n) is 3.63. The smallest absolute Gasteiger partial charge is 0.230 e. The number of hydrogen-bond donors (Lipinski definition) is 1. The predicted octanol–water partition coefficient (Wildman–Crippen LogP) is 4.95. The van der Waals surface area contributed by atoms with Crippen LogP contribution in [0.2, 0.25) is 5.02 Å². The highest BCUT2D eigenvalue weighted by Crippen LogP contribution is 2.33. The maximum absolute atomic E-state index is 12.2. The summed E-state index contributed by atoms with van der Waals surface area (Å²) in [6, 6.07) is 18.1. The molecule has 5 nitrogen and oxygen atoms in total. The Morgan fingerprint density at radius 1 is 1.10 bits per heavy atom. The van der Waals surface area contributed by atoms with Crippen molar-refractivity contribution in [3.63, 3.8) is 0 Å². The average Bonchev–Trinajstić information content (AvgIpc) is 2.74. The van der Waals surface area contributed by atoms with Crippen molar-refractivity contribution < 1.29 is 4.79 Å². The molecule has 4 rings (SSSR count). The second-order valence-corrected chi connectivity index (χ2v) is 8.30. The zero-order valence-corrected chi connectivity index (χ0v) is 18.0. The highest BCUT2D eigenvalue weighted by atomic mass is 35.5. The molecule has 2 aromatic carbocycles. The third-order valence-corrected chi connectivity index (χ3v) is 5.61. The van der Waals surface area contributed by atoms with Crippen molar-refractivity contribution in [3.8, 4) is 11.3 Å². The Balaban J connectivity index is 1.71. The first kappa shape index (κ1) is 20.5. The Kier molecular flexibility index (Phi) is 6.11. The van der Waals surface area contributed by atoms with Gasteiger partial charge in [-0.05, 0) is 11.6 Å². The summed E-state index contributed by atoms with van der Waals surface area (Å²) in [7, 11) is 0. The molecule has 1 aliphatic heterocycles. The third-order valence-electron chi connectivity index (χ3n) is 5.28. The topological polar surface area (TPSA) is 58.1 Å². The normalized spacial score (nSPS) is 13.9. The fraction of sp³-hybridized carbons (Fsp3) is 0.292. The lowest BCUT2D eigenvalue weighted by Gasteiger charge is -2.30. The number of fused-ring (bicyclic) bond motifs is 1. The van der Waals surface area contributed by atoms with E-state index in [1.54, 1.807) is 0 Å². The summed E-state index contributed by atoms with van der Waals surface area (Å²) in [6.45, 7) is 6.21. The second-order valence-electron chi connectivity index (χ2n) is 7.89. The maximum Gasteiger partial charge on any atom is 0.230 e. The van der Waals surface area contributed by atoms with Gasteiger partial charge in [-0.1, -0.05) is 74.0 Å². The average molecular weight is 421 g/mol. The van der Waals surface area contributed by atoms with Crippen molar-refractivity contribution in [2.75, 3.05) is 11.9 Å². The molecule has 1 N–H and O–H groups in total. The zero-order chi connectivity index (χ0) is 21.1. The van der Waals surface area contributed by atoms with E-state index in [0.717, 1.165) is 48.6 Å². The van der Waals surface area contributed by atoms with Gasteiger partial charge in [0.15, 0.2) is 0 Å². The highest BCUT2D eigenvalue weighted by molar-refractivity contribution is 6.33. The molecule has 0 unspecified atom stereocenters. The second kappa shape index (κ2) is 8.94. The minimum atomic E-state index is -0.144. The van der Waals surface area contributed by atoms with E-state index in [1.165, 1.54) is 5.56 Å². The van der Waals surface area contributed by atoms with E-state index in [2.05, 4.69) is 39.5 Å². The molecule has 0 bridgehead atoms. The van der Waals surface area contributed by atoms with E-state index in [4.69, 9.17) is 16.6 Å². The Bertz CT molecular complexity index is 1050. The van der Waals surface area contributed by atoms with Crippen LogP contribution >= 0.6 is 11.6 Å². The largest absolute Gasteiger partial charge is 0.294 e. The molecule has 0 saturated carbocycles. The minimum absolute atomic E-state index is 0.0958. The van der Waals surface area contributed by atoms with Crippen LogP contribution < -0.4 is 5.32 Å². The Labute approximate surface area is 182 Å². The van der Waals surface area contributed by atoms with Crippen molar-refractivity contribution in [1.29, 1.82) is 0 Å². The van der Waals surface area contributed by atoms with Gasteiger partial charge in [0.05, 0.1) is 11.4 Å². The maximum atomic E-state index is 12.2. The van der Waals surface area contributed by atoms with E-state index in [9.17, 15) is 4.79 Å². The first-order chi connectivity index (χ1) is 14.5. The molecule has 0 saturated heterocycles. The summed E-state index contributed by atoms with van der Waals surface area (Å²) in [5.74, 6) is 0.107. The molecule has 3 aromatic rings. The first-order valence-electron chi connectivity index (χ1n) is 10.2. The summed E-state index contributed by atoms with van der Waals surface area (Å²) in [4.78, 5) is 24.0. The summed E-state index contributed by atoms with van der Waals surface area (Å²) < 4.78 is 0. The molecule has 1 amide bonds. The van der Waals surface area contributed by atoms with Crippen LogP contribution in [0.3, 0.4) is 0 Å². The van der Waals surface area contributed by atoms with E-state index in [-0.39, 0.29) is 11.8 Å². The first-order valence-corrected chi connectivity index (χ1v) is 10.6. The van der Waals surface area contributed by atoms with Crippen LogP contribution in [-0.4, -0.2) is 27.3 Å². The Morgan fingerprint density at radius 3 is 2.57 bits per heavy atom. The van der Waals surface area contributed by atoms with Crippen molar-refractivity contribution in [2.24, 2.45) is 5.92 Å². The fourth-order valence-corrected chi connectivity index (χ4v) is 3.86. The summed E-state index contributed by atoms with van der Waals surface area (Å²) >= 11 is 6.51. The van der Waals surface area contributed by atoms with Gasteiger partial charge in [-0.15, -0.1) is 0 Å². The molecule has 0 radical (unpaired) electrons. The van der Waals surface area contributed by atoms with Gasteiger partial charge >= 0.3 is 0 Å². The molecule has 6 heteroatoms. The van der Waals surface area contributed by atoms with E-state index in [1.807, 2.05) is 44.2 Å². The van der Waals surface area contributed by atoms with Crippen LogP contribution in [0.1, 0.15) is 30.7 Å². The number of carbonyl (C=O) groups excluding carboxylic acids is 1. The summed E-state index contributed by atoms with van der Waals surface area (Å²) in [5, 5.41) is 3.49. The van der Waals surface area contributed by atoms with Crippen molar-refractivity contribution in [2.45, 2.75) is 33.4 Å². The number of anilines is 1. The zero-order valence-electron chi connectivity index (χ0n) is 17.2. The molecule has 2 heterocycles. The Morgan fingerprint density at radius 2 is 1.83 bits per heavy atom. The summed E-state index contributed by atoms with van der Waals surface area (Å²) in [5.41, 5.74) is 4.99. The molecular formula is C24H25ClN4O. The van der Waals surface area contributed by atoms with Gasteiger partial charge in [0.2, 0.25) is 11.9 Å². The van der Waals surface area contributed by atoms with Crippen molar-refractivity contribution in [3.05, 3.63) is 76.4 Å². The SMILES string of the molecule is CC(C)C(=O)Nc1nc2c(c(-c3ccccc3Cl)n1)CN(Cc1ccccc1)CC2. The number of benzene rings is 2. The molecule has 0 aliphatic carbocycles. The van der Waals surface area contributed by atoms with Crippen molar-refractivity contribution in [1.82, 2.24) is 14.9 Å². The molecule has 154 valence electrons. The van der Waals surface area contributed by atoms with Gasteiger partial charge in [-0.3, -0.25) is 15.0 Å². The van der Waals surface area contributed by atoms with Crippen LogP contribution in [-0.2, 0) is 24.3 Å². The number of nitrogens with zero attached hydrogens (tertiary/aromatic N) is 3. The minimum Gasteiger partial charge on any atom is -0.294 e. The number of halogens is 1. The molecule has 0 atom stereocenters. The van der Waals surface area contributed by atoms with Gasteiger partial charge in [0.1, 0.15) is 0 Å². The van der Waals surface area contributed by atoms with Gasteiger partial charge in [0.25, 0.3) is 0 Å². The van der Waals surface area contributed by atoms with Gasteiger partial charge in [0, 0.05) is 48.1 Å². The highest BCUT2D eigenvalue weighted by Gasteiger charge is 2.25. The monoisotopic (exact) mass is 420 g/mol. The van der Waals surface area contributed by atoms with E-state index >= 15 is 0 Å². The van der Waals surface area contributed by atoms with Crippen LogP contribution in [0.4, 0.5) is 5.95 Å². The summed E-state index contributed by atoms with van der Waals surface area (Å²) in [6.07, 6.45) is 0.798. The number of amides is 1. The van der Waals surface area contributed by atoms with Gasteiger partial charge in [-0.2, -0.15) is 0 Å². The number of aromatic nitrogens is 2. The number of hydrogen-bond acceptors (Lipinski definition) is 4. The molecule has 0 fully saturated rings. The lowest BCUT2D eigenvalue weighted by Crippen LogP contribution is -2.32. The number of nitrogens with one attached hydrogen (secondary N) is 1. The van der Waals surface area contributed by atoms with Crippen molar-refractivity contribution >= 4 is 23.5 Å².